The Kier molecular flexibility index (Phi) is 2.83. The summed E-state index contributed by atoms with van der Waals surface area (Å²) in [5, 5.41) is 12.5. The molecule has 0 aliphatic carbocycles. The SMILES string of the molecule is O=C(O)c1onc(Br)c1C1CCSC1. The molecule has 14 heavy (non-hydrogen) atoms. The Morgan fingerprint density at radius 1 is 1.71 bits per heavy atom. The molecular formula is C8H8BrNO3S. The fourth-order valence-electron chi connectivity index (χ4n) is 1.55. The van der Waals surface area contributed by atoms with E-state index in [4.69, 9.17) is 9.63 Å². The lowest BCUT2D eigenvalue weighted by Gasteiger charge is -2.05. The zero-order chi connectivity index (χ0) is 10.1. The van der Waals surface area contributed by atoms with E-state index in [0.29, 0.717) is 10.2 Å². The van der Waals surface area contributed by atoms with Crippen LogP contribution >= 0.6 is 27.7 Å². The van der Waals surface area contributed by atoms with Gasteiger partial charge in [0.1, 0.15) is 0 Å². The van der Waals surface area contributed by atoms with E-state index < -0.39 is 5.97 Å². The van der Waals surface area contributed by atoms with E-state index in [1.54, 1.807) is 0 Å². The molecule has 0 saturated carbocycles. The van der Waals surface area contributed by atoms with Crippen LogP contribution in [0.25, 0.3) is 0 Å². The second-order valence-corrected chi connectivity index (χ2v) is 4.98. The van der Waals surface area contributed by atoms with Crippen molar-refractivity contribution in [3.63, 3.8) is 0 Å². The second-order valence-electron chi connectivity index (χ2n) is 3.08. The van der Waals surface area contributed by atoms with Crippen molar-refractivity contribution < 1.29 is 14.4 Å². The van der Waals surface area contributed by atoms with Crippen molar-refractivity contribution in [3.05, 3.63) is 15.9 Å². The Labute approximate surface area is 93.2 Å². The molecule has 1 fully saturated rings. The molecule has 2 rings (SSSR count). The highest BCUT2D eigenvalue weighted by Crippen LogP contribution is 2.37. The summed E-state index contributed by atoms with van der Waals surface area (Å²) >= 11 is 5.04. The zero-order valence-corrected chi connectivity index (χ0v) is 9.60. The molecule has 1 unspecified atom stereocenters. The van der Waals surface area contributed by atoms with Gasteiger partial charge < -0.3 is 9.63 Å². The maximum atomic E-state index is 10.8. The number of carboxylic acid groups (broad SMARTS) is 1. The van der Waals surface area contributed by atoms with Crippen molar-refractivity contribution in [3.8, 4) is 0 Å². The van der Waals surface area contributed by atoms with Gasteiger partial charge in [-0.1, -0.05) is 5.16 Å². The van der Waals surface area contributed by atoms with Crippen LogP contribution in [0.4, 0.5) is 0 Å². The lowest BCUT2D eigenvalue weighted by molar-refractivity contribution is 0.0649. The number of hydrogen-bond donors (Lipinski definition) is 1. The molecule has 1 aromatic heterocycles. The van der Waals surface area contributed by atoms with E-state index in [1.807, 2.05) is 11.8 Å². The number of aromatic nitrogens is 1. The molecule has 0 spiro atoms. The Morgan fingerprint density at radius 2 is 2.50 bits per heavy atom. The molecule has 2 heterocycles. The highest BCUT2D eigenvalue weighted by Gasteiger charge is 2.29. The topological polar surface area (TPSA) is 63.3 Å². The Balaban J connectivity index is 2.38. The molecule has 6 heteroatoms. The number of hydrogen-bond acceptors (Lipinski definition) is 4. The van der Waals surface area contributed by atoms with Gasteiger partial charge in [-0.05, 0) is 28.1 Å². The van der Waals surface area contributed by atoms with Crippen LogP contribution in [0.5, 0.6) is 0 Å². The van der Waals surface area contributed by atoms with Crippen molar-refractivity contribution in [2.24, 2.45) is 0 Å². The predicted octanol–water partition coefficient (Wildman–Crippen LogP) is 2.36. The molecule has 1 aromatic rings. The molecule has 0 bridgehead atoms. The molecule has 1 atom stereocenters. The Morgan fingerprint density at radius 3 is 3.07 bits per heavy atom. The molecule has 0 aromatic carbocycles. The summed E-state index contributed by atoms with van der Waals surface area (Å²) in [6, 6.07) is 0. The summed E-state index contributed by atoms with van der Waals surface area (Å²) < 4.78 is 5.29. The minimum absolute atomic E-state index is 0.0237. The minimum atomic E-state index is -1.05. The Hall–Kier alpha value is -0.490. The van der Waals surface area contributed by atoms with Gasteiger partial charge in [0, 0.05) is 17.2 Å². The number of halogens is 1. The van der Waals surface area contributed by atoms with Crippen LogP contribution in [0.15, 0.2) is 9.13 Å². The van der Waals surface area contributed by atoms with Crippen LogP contribution in [-0.2, 0) is 0 Å². The lowest BCUT2D eigenvalue weighted by atomic mass is 10.00. The van der Waals surface area contributed by atoms with Crippen LogP contribution in [0.2, 0.25) is 0 Å². The van der Waals surface area contributed by atoms with Crippen LogP contribution in [0, 0.1) is 0 Å². The molecule has 4 nitrogen and oxygen atoms in total. The van der Waals surface area contributed by atoms with Gasteiger partial charge in [-0.3, -0.25) is 0 Å². The van der Waals surface area contributed by atoms with Gasteiger partial charge in [-0.25, -0.2) is 4.79 Å². The standard InChI is InChI=1S/C8H8BrNO3S/c9-7-5(4-1-2-14-3-4)6(8(11)12)13-10-7/h4H,1-3H2,(H,11,12). The van der Waals surface area contributed by atoms with Gasteiger partial charge in [0.25, 0.3) is 0 Å². The average molecular weight is 278 g/mol. The number of aromatic carboxylic acids is 1. The van der Waals surface area contributed by atoms with E-state index in [-0.39, 0.29) is 11.7 Å². The summed E-state index contributed by atoms with van der Waals surface area (Å²) in [5.74, 6) is 1.20. The predicted molar refractivity (Wildman–Crippen MR) is 55.8 cm³/mol. The highest BCUT2D eigenvalue weighted by molar-refractivity contribution is 9.10. The first-order chi connectivity index (χ1) is 6.70. The quantitative estimate of drug-likeness (QED) is 0.899. The third-order valence-electron chi connectivity index (χ3n) is 2.22. The first-order valence-electron chi connectivity index (χ1n) is 4.16. The minimum Gasteiger partial charge on any atom is -0.475 e. The monoisotopic (exact) mass is 277 g/mol. The van der Waals surface area contributed by atoms with Gasteiger partial charge in [0.15, 0.2) is 4.60 Å². The summed E-state index contributed by atoms with van der Waals surface area (Å²) in [6.07, 6.45) is 0.991. The van der Waals surface area contributed by atoms with Crippen molar-refractivity contribution in [1.29, 1.82) is 0 Å². The van der Waals surface area contributed by atoms with Crippen molar-refractivity contribution in [1.82, 2.24) is 5.16 Å². The van der Waals surface area contributed by atoms with Crippen molar-refractivity contribution in [2.75, 3.05) is 11.5 Å². The first kappa shape index (κ1) is 10.0. The largest absolute Gasteiger partial charge is 0.475 e. The summed E-state index contributed by atoms with van der Waals surface area (Å²) in [4.78, 5) is 10.8. The van der Waals surface area contributed by atoms with E-state index >= 15 is 0 Å². The third kappa shape index (κ3) is 1.68. The smallest absolute Gasteiger partial charge is 0.375 e. The molecule has 1 aliphatic heterocycles. The van der Waals surface area contributed by atoms with Crippen LogP contribution in [0.3, 0.4) is 0 Å². The molecule has 1 aliphatic rings. The molecule has 76 valence electrons. The number of carboxylic acids is 1. The molecule has 0 radical (unpaired) electrons. The second kappa shape index (κ2) is 3.94. The third-order valence-corrected chi connectivity index (χ3v) is 3.95. The van der Waals surface area contributed by atoms with Gasteiger partial charge in [-0.2, -0.15) is 11.8 Å². The number of nitrogens with zero attached hydrogens (tertiary/aromatic N) is 1. The fourth-order valence-corrected chi connectivity index (χ4v) is 3.36. The van der Waals surface area contributed by atoms with Crippen LogP contribution < -0.4 is 0 Å². The number of rotatable bonds is 2. The van der Waals surface area contributed by atoms with Crippen molar-refractivity contribution >= 4 is 33.7 Å². The maximum Gasteiger partial charge on any atom is 0.375 e. The molecular weight excluding hydrogens is 270 g/mol. The van der Waals surface area contributed by atoms with E-state index in [1.165, 1.54) is 0 Å². The first-order valence-corrected chi connectivity index (χ1v) is 6.11. The fraction of sp³-hybridized carbons (Fsp3) is 0.500. The molecule has 0 amide bonds. The van der Waals surface area contributed by atoms with Crippen LogP contribution in [0.1, 0.15) is 28.5 Å². The highest BCUT2D eigenvalue weighted by atomic mass is 79.9. The normalized spacial score (nSPS) is 21.4. The summed E-state index contributed by atoms with van der Waals surface area (Å²) in [5.41, 5.74) is 0.711. The zero-order valence-electron chi connectivity index (χ0n) is 7.20. The van der Waals surface area contributed by atoms with Gasteiger partial charge >= 0.3 is 5.97 Å². The van der Waals surface area contributed by atoms with Gasteiger partial charge in [0.05, 0.1) is 0 Å². The molecule has 1 saturated heterocycles. The number of thioether (sulfide) groups is 1. The van der Waals surface area contributed by atoms with Gasteiger partial charge in [-0.15, -0.1) is 0 Å². The average Bonchev–Trinajstić information content (AvgIpc) is 2.71. The van der Waals surface area contributed by atoms with E-state index in [0.717, 1.165) is 17.9 Å². The maximum absolute atomic E-state index is 10.8. The lowest BCUT2D eigenvalue weighted by Crippen LogP contribution is -2.04. The van der Waals surface area contributed by atoms with E-state index in [9.17, 15) is 4.79 Å². The van der Waals surface area contributed by atoms with E-state index in [2.05, 4.69) is 21.1 Å². The van der Waals surface area contributed by atoms with Crippen LogP contribution in [-0.4, -0.2) is 27.7 Å². The van der Waals surface area contributed by atoms with Crippen molar-refractivity contribution in [2.45, 2.75) is 12.3 Å². The van der Waals surface area contributed by atoms with Gasteiger partial charge in [0.2, 0.25) is 5.76 Å². The number of carbonyl (C=O) groups is 1. The Bertz CT molecular complexity index is 359. The summed E-state index contributed by atoms with van der Waals surface area (Å²) in [6.45, 7) is 0. The summed E-state index contributed by atoms with van der Waals surface area (Å²) in [7, 11) is 0. The molecule has 1 N–H and O–H groups in total.